The summed E-state index contributed by atoms with van der Waals surface area (Å²) in [6, 6.07) is 50.7. The molecule has 43 heavy (non-hydrogen) atoms. The van der Waals surface area contributed by atoms with Crippen molar-refractivity contribution in [1.82, 2.24) is 19.5 Å². The second kappa shape index (κ2) is 9.33. The van der Waals surface area contributed by atoms with Gasteiger partial charge in [0.25, 0.3) is 0 Å². The summed E-state index contributed by atoms with van der Waals surface area (Å²) in [5.74, 6) is 0.820. The SMILES string of the molecule is c1ccc(-c2cccc(-n3c4ccccc4c4nc5cc(-c6cc7ccccc7c7ccccc67)ccc5nc43)n2)cc1. The van der Waals surface area contributed by atoms with Crippen LogP contribution in [-0.2, 0) is 0 Å². The van der Waals surface area contributed by atoms with Crippen LogP contribution < -0.4 is 0 Å². The average molecular weight is 549 g/mol. The molecule has 0 N–H and O–H groups in total. The maximum absolute atomic E-state index is 5.25. The quantitative estimate of drug-likeness (QED) is 0.206. The van der Waals surface area contributed by atoms with Crippen molar-refractivity contribution in [1.29, 1.82) is 0 Å². The minimum absolute atomic E-state index is 0.801. The van der Waals surface area contributed by atoms with Gasteiger partial charge in [0.15, 0.2) is 5.65 Å². The number of aromatic nitrogens is 4. The van der Waals surface area contributed by atoms with E-state index in [1.165, 1.54) is 27.1 Å². The van der Waals surface area contributed by atoms with E-state index in [9.17, 15) is 0 Å². The van der Waals surface area contributed by atoms with E-state index in [1.54, 1.807) is 0 Å². The normalized spacial score (nSPS) is 11.7. The molecule has 0 bridgehead atoms. The van der Waals surface area contributed by atoms with Gasteiger partial charge in [0.05, 0.1) is 22.2 Å². The highest BCUT2D eigenvalue weighted by Crippen LogP contribution is 2.37. The van der Waals surface area contributed by atoms with Crippen LogP contribution in [0.5, 0.6) is 0 Å². The van der Waals surface area contributed by atoms with Crippen LogP contribution in [0, 0.1) is 0 Å². The van der Waals surface area contributed by atoms with E-state index in [0.717, 1.165) is 55.7 Å². The Labute approximate surface area is 247 Å². The molecule has 0 radical (unpaired) electrons. The third-order valence-corrected chi connectivity index (χ3v) is 8.37. The molecule has 6 aromatic carbocycles. The van der Waals surface area contributed by atoms with E-state index in [1.807, 2.05) is 30.3 Å². The van der Waals surface area contributed by atoms with Crippen molar-refractivity contribution in [2.75, 3.05) is 0 Å². The summed E-state index contributed by atoms with van der Waals surface area (Å²) in [7, 11) is 0. The fraction of sp³-hybridized carbons (Fsp3) is 0. The molecule has 0 aliphatic rings. The van der Waals surface area contributed by atoms with Gasteiger partial charge in [-0.15, -0.1) is 0 Å². The Kier molecular flexibility index (Phi) is 5.16. The van der Waals surface area contributed by atoms with E-state index < -0.39 is 0 Å². The smallest absolute Gasteiger partial charge is 0.166 e. The van der Waals surface area contributed by atoms with Crippen LogP contribution in [-0.4, -0.2) is 19.5 Å². The van der Waals surface area contributed by atoms with E-state index >= 15 is 0 Å². The maximum atomic E-state index is 5.25. The summed E-state index contributed by atoms with van der Waals surface area (Å²) in [6.45, 7) is 0. The van der Waals surface area contributed by atoms with Gasteiger partial charge in [0, 0.05) is 10.9 Å². The number of benzene rings is 6. The van der Waals surface area contributed by atoms with Crippen LogP contribution in [0.3, 0.4) is 0 Å². The molecule has 3 aromatic heterocycles. The summed E-state index contributed by atoms with van der Waals surface area (Å²) < 4.78 is 2.13. The zero-order chi connectivity index (χ0) is 28.3. The van der Waals surface area contributed by atoms with Gasteiger partial charge in [-0.1, -0.05) is 109 Å². The molecule has 0 saturated heterocycles. The third-order valence-electron chi connectivity index (χ3n) is 8.37. The van der Waals surface area contributed by atoms with Crippen molar-refractivity contribution < 1.29 is 0 Å². The molecular weight excluding hydrogens is 524 g/mol. The third kappa shape index (κ3) is 3.74. The lowest BCUT2D eigenvalue weighted by Crippen LogP contribution is -2.00. The molecule has 0 atom stereocenters. The van der Waals surface area contributed by atoms with E-state index in [0.29, 0.717) is 0 Å². The zero-order valence-corrected chi connectivity index (χ0v) is 23.1. The van der Waals surface area contributed by atoms with Crippen molar-refractivity contribution in [3.63, 3.8) is 0 Å². The Morgan fingerprint density at radius 3 is 2.07 bits per heavy atom. The van der Waals surface area contributed by atoms with Crippen LogP contribution >= 0.6 is 0 Å². The number of rotatable bonds is 3. The summed E-state index contributed by atoms with van der Waals surface area (Å²) in [5.41, 5.74) is 8.75. The number of para-hydroxylation sites is 1. The highest BCUT2D eigenvalue weighted by molar-refractivity contribution is 6.14. The van der Waals surface area contributed by atoms with Gasteiger partial charge in [-0.05, 0) is 69.1 Å². The average Bonchev–Trinajstić information content (AvgIpc) is 3.40. The number of nitrogens with zero attached hydrogens (tertiary/aromatic N) is 4. The maximum Gasteiger partial charge on any atom is 0.166 e. The molecular formula is C39H24N4. The Morgan fingerprint density at radius 2 is 1.19 bits per heavy atom. The molecule has 0 fully saturated rings. The Hall–Kier alpha value is -5.87. The predicted octanol–water partition coefficient (Wildman–Crippen LogP) is 9.76. The molecule has 0 spiro atoms. The molecule has 4 nitrogen and oxygen atoms in total. The lowest BCUT2D eigenvalue weighted by Gasteiger charge is -2.12. The van der Waals surface area contributed by atoms with Gasteiger partial charge in [-0.25, -0.2) is 15.0 Å². The number of hydrogen-bond acceptors (Lipinski definition) is 3. The van der Waals surface area contributed by atoms with Crippen LogP contribution in [0.1, 0.15) is 0 Å². The highest BCUT2D eigenvalue weighted by Gasteiger charge is 2.18. The van der Waals surface area contributed by atoms with Gasteiger partial charge < -0.3 is 0 Å². The summed E-state index contributed by atoms with van der Waals surface area (Å²) in [4.78, 5) is 15.5. The van der Waals surface area contributed by atoms with Gasteiger partial charge >= 0.3 is 0 Å². The molecule has 0 unspecified atom stereocenters. The Balaban J connectivity index is 1.27. The van der Waals surface area contributed by atoms with Crippen molar-refractivity contribution in [3.05, 3.63) is 146 Å². The standard InChI is InChI=1S/C39H24N4/c1-2-11-25(12-3-1)33-18-10-20-37(40-33)43-36-19-9-8-17-31(36)38-39(43)42-34-22-21-27(24-35(34)41-38)32-23-26-13-4-5-14-28(26)29-15-6-7-16-30(29)32/h1-24H. The summed E-state index contributed by atoms with van der Waals surface area (Å²) >= 11 is 0. The van der Waals surface area contributed by atoms with Gasteiger partial charge in [-0.2, -0.15) is 0 Å². The largest absolute Gasteiger partial charge is 0.276 e. The van der Waals surface area contributed by atoms with Gasteiger partial charge in [0.2, 0.25) is 0 Å². The van der Waals surface area contributed by atoms with Crippen LogP contribution in [0.2, 0.25) is 0 Å². The first-order chi connectivity index (χ1) is 21.3. The lowest BCUT2D eigenvalue weighted by molar-refractivity contribution is 1.06. The fourth-order valence-electron chi connectivity index (χ4n) is 6.37. The summed E-state index contributed by atoms with van der Waals surface area (Å²) in [5, 5.41) is 6.04. The van der Waals surface area contributed by atoms with Gasteiger partial charge in [0.1, 0.15) is 11.3 Å². The molecule has 3 heterocycles. The molecule has 9 aromatic rings. The van der Waals surface area contributed by atoms with Crippen molar-refractivity contribution >= 4 is 54.6 Å². The highest BCUT2D eigenvalue weighted by atomic mass is 15.1. The molecule has 9 rings (SSSR count). The van der Waals surface area contributed by atoms with Crippen LogP contribution in [0.4, 0.5) is 0 Å². The van der Waals surface area contributed by atoms with Crippen molar-refractivity contribution in [3.8, 4) is 28.2 Å². The second-order valence-corrected chi connectivity index (χ2v) is 10.9. The second-order valence-electron chi connectivity index (χ2n) is 10.9. The monoisotopic (exact) mass is 548 g/mol. The topological polar surface area (TPSA) is 43.6 Å². The summed E-state index contributed by atoms with van der Waals surface area (Å²) in [6.07, 6.45) is 0. The van der Waals surface area contributed by atoms with E-state index in [2.05, 4.69) is 120 Å². The Morgan fingerprint density at radius 1 is 0.442 bits per heavy atom. The van der Waals surface area contributed by atoms with E-state index in [-0.39, 0.29) is 0 Å². The first-order valence-electron chi connectivity index (χ1n) is 14.5. The molecule has 0 saturated carbocycles. The van der Waals surface area contributed by atoms with Crippen LogP contribution in [0.15, 0.2) is 146 Å². The van der Waals surface area contributed by atoms with Gasteiger partial charge in [-0.3, -0.25) is 4.57 Å². The van der Waals surface area contributed by atoms with Crippen molar-refractivity contribution in [2.24, 2.45) is 0 Å². The molecule has 200 valence electrons. The molecule has 4 heteroatoms. The predicted molar refractivity (Wildman–Crippen MR) is 178 cm³/mol. The zero-order valence-electron chi connectivity index (χ0n) is 23.1. The fourth-order valence-corrected chi connectivity index (χ4v) is 6.37. The van der Waals surface area contributed by atoms with E-state index in [4.69, 9.17) is 15.0 Å². The first-order valence-corrected chi connectivity index (χ1v) is 14.5. The Bertz CT molecular complexity index is 2510. The number of hydrogen-bond donors (Lipinski definition) is 0. The molecule has 0 amide bonds. The minimum atomic E-state index is 0.801. The van der Waals surface area contributed by atoms with Crippen LogP contribution in [0.25, 0.3) is 82.8 Å². The minimum Gasteiger partial charge on any atom is -0.276 e. The number of pyridine rings is 1. The van der Waals surface area contributed by atoms with Crippen molar-refractivity contribution in [2.45, 2.75) is 0 Å². The molecule has 0 aliphatic carbocycles. The lowest BCUT2D eigenvalue weighted by atomic mass is 9.93. The first kappa shape index (κ1) is 23.8. The molecule has 0 aliphatic heterocycles. The number of fused-ring (bicyclic) bond motifs is 7.